The van der Waals surface area contributed by atoms with E-state index in [1.165, 1.54) is 128 Å². The lowest BCUT2D eigenvalue weighted by Crippen LogP contribution is -2.30. The zero-order chi connectivity index (χ0) is 45.1. The molecule has 0 N–H and O–H groups in total. The van der Waals surface area contributed by atoms with Gasteiger partial charge >= 0.3 is 17.9 Å². The minimum absolute atomic E-state index is 0.0912. The quantitative estimate of drug-likeness (QED) is 0.0262. The molecule has 0 aliphatic rings. The van der Waals surface area contributed by atoms with Gasteiger partial charge in [-0.15, -0.1) is 0 Å². The molecular formula is C56H98O6. The van der Waals surface area contributed by atoms with Crippen molar-refractivity contribution < 1.29 is 28.6 Å². The van der Waals surface area contributed by atoms with Crippen LogP contribution >= 0.6 is 0 Å². The summed E-state index contributed by atoms with van der Waals surface area (Å²) < 4.78 is 16.7. The first-order valence-corrected chi connectivity index (χ1v) is 26.3. The molecule has 0 amide bonds. The molecule has 0 aliphatic carbocycles. The van der Waals surface area contributed by atoms with Crippen LogP contribution in [0.25, 0.3) is 0 Å². The predicted molar refractivity (Wildman–Crippen MR) is 265 cm³/mol. The lowest BCUT2D eigenvalue weighted by Gasteiger charge is -2.18. The van der Waals surface area contributed by atoms with Gasteiger partial charge in [0, 0.05) is 19.3 Å². The summed E-state index contributed by atoms with van der Waals surface area (Å²) in [6.45, 7) is 6.38. The van der Waals surface area contributed by atoms with Crippen LogP contribution in [-0.4, -0.2) is 37.2 Å². The van der Waals surface area contributed by atoms with E-state index in [0.29, 0.717) is 19.3 Å². The van der Waals surface area contributed by atoms with Crippen molar-refractivity contribution in [2.75, 3.05) is 13.2 Å². The molecule has 6 heteroatoms. The fourth-order valence-corrected chi connectivity index (χ4v) is 7.39. The highest BCUT2D eigenvalue weighted by Gasteiger charge is 2.19. The van der Waals surface area contributed by atoms with Crippen molar-refractivity contribution in [1.29, 1.82) is 0 Å². The first-order valence-electron chi connectivity index (χ1n) is 26.3. The van der Waals surface area contributed by atoms with Crippen LogP contribution in [0.5, 0.6) is 0 Å². The van der Waals surface area contributed by atoms with Crippen molar-refractivity contribution in [1.82, 2.24) is 0 Å². The lowest BCUT2D eigenvalue weighted by molar-refractivity contribution is -0.167. The molecule has 0 spiro atoms. The van der Waals surface area contributed by atoms with Gasteiger partial charge in [-0.3, -0.25) is 14.4 Å². The van der Waals surface area contributed by atoms with Crippen LogP contribution in [0.3, 0.4) is 0 Å². The standard InChI is InChI=1S/C56H98O6/c1-4-7-10-13-16-19-22-24-26-27-28-29-30-32-34-37-40-43-46-49-55(58)61-52-53(51-60-54(57)48-45-42-39-36-33-21-18-15-12-9-6-3)62-56(59)50-47-44-41-38-35-31-25-23-20-17-14-11-8-5-2/h8-9,11-12,17-18,20-21,36,39,53H,4-7,10,13-16,19,22-35,37-38,40-52H2,1-3H3/b11-8-,12-9-,20-17-,21-18-,39-36-. The van der Waals surface area contributed by atoms with Gasteiger partial charge in [-0.05, 0) is 70.6 Å². The normalized spacial score (nSPS) is 12.5. The molecule has 1 unspecified atom stereocenters. The van der Waals surface area contributed by atoms with Gasteiger partial charge < -0.3 is 14.2 Å². The maximum absolute atomic E-state index is 12.8. The maximum Gasteiger partial charge on any atom is 0.306 e. The molecular weight excluding hydrogens is 769 g/mol. The summed E-state index contributed by atoms with van der Waals surface area (Å²) in [7, 11) is 0. The summed E-state index contributed by atoms with van der Waals surface area (Å²) in [5, 5.41) is 0. The van der Waals surface area contributed by atoms with Crippen molar-refractivity contribution in [2.24, 2.45) is 0 Å². The number of rotatable bonds is 47. The van der Waals surface area contributed by atoms with Crippen molar-refractivity contribution in [3.8, 4) is 0 Å². The van der Waals surface area contributed by atoms with Gasteiger partial charge in [0.05, 0.1) is 0 Å². The number of hydrogen-bond acceptors (Lipinski definition) is 6. The van der Waals surface area contributed by atoms with E-state index in [0.717, 1.165) is 83.5 Å². The molecule has 0 aromatic rings. The highest BCUT2D eigenvalue weighted by atomic mass is 16.6. The van der Waals surface area contributed by atoms with Gasteiger partial charge in [0.2, 0.25) is 0 Å². The Morgan fingerprint density at radius 3 is 1.05 bits per heavy atom. The number of ether oxygens (including phenoxy) is 3. The fourth-order valence-electron chi connectivity index (χ4n) is 7.39. The zero-order valence-electron chi connectivity index (χ0n) is 40.9. The molecule has 6 nitrogen and oxygen atoms in total. The Bertz CT molecular complexity index is 1130. The second kappa shape index (κ2) is 50.8. The summed E-state index contributed by atoms with van der Waals surface area (Å²) in [6, 6.07) is 0. The molecule has 0 bridgehead atoms. The molecule has 1 atom stereocenters. The molecule has 0 aromatic heterocycles. The molecule has 0 radical (unpaired) electrons. The van der Waals surface area contributed by atoms with Crippen molar-refractivity contribution in [3.05, 3.63) is 60.8 Å². The third-order valence-corrected chi connectivity index (χ3v) is 11.3. The number of unbranched alkanes of at least 4 members (excludes halogenated alkanes) is 26. The van der Waals surface area contributed by atoms with Crippen LogP contribution in [0.15, 0.2) is 60.8 Å². The first kappa shape index (κ1) is 59.1. The molecule has 0 fully saturated rings. The number of carbonyl (C=O) groups is 3. The molecule has 0 saturated heterocycles. The second-order valence-electron chi connectivity index (χ2n) is 17.4. The molecule has 62 heavy (non-hydrogen) atoms. The Morgan fingerprint density at radius 1 is 0.339 bits per heavy atom. The van der Waals surface area contributed by atoms with Crippen LogP contribution in [0, 0.1) is 0 Å². The van der Waals surface area contributed by atoms with E-state index in [1.807, 2.05) is 0 Å². The van der Waals surface area contributed by atoms with Crippen LogP contribution < -0.4 is 0 Å². The Balaban J connectivity index is 4.34. The minimum atomic E-state index is -0.795. The van der Waals surface area contributed by atoms with Gasteiger partial charge in [0.1, 0.15) is 13.2 Å². The summed E-state index contributed by atoms with van der Waals surface area (Å²) in [5.41, 5.74) is 0. The van der Waals surface area contributed by atoms with Gasteiger partial charge in [-0.1, -0.05) is 229 Å². The van der Waals surface area contributed by atoms with Crippen molar-refractivity contribution >= 4 is 17.9 Å². The van der Waals surface area contributed by atoms with Gasteiger partial charge in [-0.25, -0.2) is 0 Å². The summed E-state index contributed by atoms with van der Waals surface area (Å²) >= 11 is 0. The highest BCUT2D eigenvalue weighted by Crippen LogP contribution is 2.16. The van der Waals surface area contributed by atoms with Gasteiger partial charge in [-0.2, -0.15) is 0 Å². The largest absolute Gasteiger partial charge is 0.462 e. The minimum Gasteiger partial charge on any atom is -0.462 e. The Kier molecular flexibility index (Phi) is 48.4. The van der Waals surface area contributed by atoms with E-state index in [1.54, 1.807) is 0 Å². The smallest absolute Gasteiger partial charge is 0.306 e. The van der Waals surface area contributed by atoms with E-state index < -0.39 is 6.10 Å². The molecule has 0 heterocycles. The van der Waals surface area contributed by atoms with Crippen LogP contribution in [0.2, 0.25) is 0 Å². The molecule has 0 aromatic carbocycles. The predicted octanol–water partition coefficient (Wildman–Crippen LogP) is 17.3. The Hall–Kier alpha value is -2.89. The van der Waals surface area contributed by atoms with E-state index in [4.69, 9.17) is 14.2 Å². The van der Waals surface area contributed by atoms with E-state index in [9.17, 15) is 14.4 Å². The molecule has 0 saturated carbocycles. The lowest BCUT2D eigenvalue weighted by atomic mass is 10.0. The molecule has 0 rings (SSSR count). The molecule has 0 aliphatic heterocycles. The van der Waals surface area contributed by atoms with E-state index >= 15 is 0 Å². The summed E-state index contributed by atoms with van der Waals surface area (Å²) in [5.74, 6) is -0.951. The number of allylic oxidation sites excluding steroid dienone is 10. The highest BCUT2D eigenvalue weighted by molar-refractivity contribution is 5.71. The van der Waals surface area contributed by atoms with Crippen LogP contribution in [0.1, 0.15) is 258 Å². The van der Waals surface area contributed by atoms with Crippen molar-refractivity contribution in [3.63, 3.8) is 0 Å². The fraction of sp³-hybridized carbons (Fsp3) is 0.768. The second-order valence-corrected chi connectivity index (χ2v) is 17.4. The Labute approximate surface area is 383 Å². The monoisotopic (exact) mass is 867 g/mol. The summed E-state index contributed by atoms with van der Waals surface area (Å²) in [4.78, 5) is 37.9. The maximum atomic E-state index is 12.8. The van der Waals surface area contributed by atoms with Crippen molar-refractivity contribution in [2.45, 2.75) is 264 Å². The zero-order valence-corrected chi connectivity index (χ0v) is 40.9. The first-order chi connectivity index (χ1) is 30.5. The van der Waals surface area contributed by atoms with E-state index in [2.05, 4.69) is 81.5 Å². The van der Waals surface area contributed by atoms with Gasteiger partial charge in [0.25, 0.3) is 0 Å². The number of hydrogen-bond donors (Lipinski definition) is 0. The van der Waals surface area contributed by atoms with Gasteiger partial charge in [0.15, 0.2) is 6.10 Å². The number of carbonyl (C=O) groups excluding carboxylic acids is 3. The third-order valence-electron chi connectivity index (χ3n) is 11.3. The van der Waals surface area contributed by atoms with Crippen LogP contribution in [0.4, 0.5) is 0 Å². The topological polar surface area (TPSA) is 78.9 Å². The average Bonchev–Trinajstić information content (AvgIpc) is 3.27. The summed E-state index contributed by atoms with van der Waals surface area (Å²) in [6.07, 6.45) is 62.2. The Morgan fingerprint density at radius 2 is 0.645 bits per heavy atom. The SMILES string of the molecule is CC/C=C\C/C=C\C/C=C\CCCC(=O)OCC(COC(=O)CCCCCCCCCCCCCCCCCCCCC)OC(=O)CCCCCCCCC/C=C\C/C=C\CC. The van der Waals surface area contributed by atoms with Crippen LogP contribution in [-0.2, 0) is 28.6 Å². The molecule has 358 valence electrons. The number of esters is 3. The third kappa shape index (κ3) is 48.1. The van der Waals surface area contributed by atoms with E-state index in [-0.39, 0.29) is 37.5 Å². The average molecular weight is 867 g/mol.